The Morgan fingerprint density at radius 3 is 2.59 bits per heavy atom. The third-order valence-electron chi connectivity index (χ3n) is 3.62. The predicted molar refractivity (Wildman–Crippen MR) is 90.0 cm³/mol. The second-order valence-corrected chi connectivity index (χ2v) is 6.21. The highest BCUT2D eigenvalue weighted by Crippen LogP contribution is 2.23. The summed E-state index contributed by atoms with van der Waals surface area (Å²) < 4.78 is 6.29. The molecule has 0 atom stereocenters. The summed E-state index contributed by atoms with van der Waals surface area (Å²) in [6.07, 6.45) is 0.186. The summed E-state index contributed by atoms with van der Waals surface area (Å²) in [6.45, 7) is 4.06. The third kappa shape index (κ3) is 3.04. The van der Waals surface area contributed by atoms with Crippen molar-refractivity contribution in [2.24, 2.45) is 0 Å². The topological polar surface area (TPSA) is 55.1 Å². The van der Waals surface area contributed by atoms with Crippen LogP contribution < -0.4 is 5.32 Å². The normalized spacial score (nSPS) is 10.9. The van der Waals surface area contributed by atoms with Gasteiger partial charge in [0.05, 0.1) is 6.42 Å². The van der Waals surface area contributed by atoms with Crippen molar-refractivity contribution in [3.8, 4) is 0 Å². The second-order valence-electron chi connectivity index (χ2n) is 5.29. The van der Waals surface area contributed by atoms with Gasteiger partial charge in [-0.25, -0.2) is 0 Å². The minimum atomic E-state index is -0.115. The Labute approximate surface area is 136 Å². The molecule has 1 amide bonds. The van der Waals surface area contributed by atoms with E-state index in [9.17, 15) is 4.79 Å². The van der Waals surface area contributed by atoms with E-state index < -0.39 is 0 Å². The molecular weight excluding hydrogens is 344 g/mol. The number of halogens is 1. The van der Waals surface area contributed by atoms with E-state index in [0.29, 0.717) is 5.69 Å². The smallest absolute Gasteiger partial charge is 0.230 e. The van der Waals surface area contributed by atoms with Crippen molar-refractivity contribution in [3.05, 3.63) is 57.7 Å². The van der Waals surface area contributed by atoms with Gasteiger partial charge in [0.1, 0.15) is 5.69 Å². The molecule has 0 spiro atoms. The van der Waals surface area contributed by atoms with Crippen LogP contribution in [0.1, 0.15) is 16.8 Å². The Hall–Kier alpha value is -2.14. The molecule has 0 aliphatic carbocycles. The van der Waals surface area contributed by atoms with E-state index in [0.717, 1.165) is 32.3 Å². The fraction of sp³-hybridized carbons (Fsp3) is 0.176. The molecule has 2 aromatic carbocycles. The highest BCUT2D eigenvalue weighted by Gasteiger charge is 2.13. The standard InChI is InChI=1S/C17H15BrN2O2/c1-10-7-14-15(20-22-16(14)8-11(10)2)9-17(21)19-13-5-3-12(18)4-6-13/h3-8H,9H2,1-2H3,(H,19,21). The van der Waals surface area contributed by atoms with E-state index in [-0.39, 0.29) is 12.3 Å². The van der Waals surface area contributed by atoms with Crippen LogP contribution in [0.5, 0.6) is 0 Å². The minimum Gasteiger partial charge on any atom is -0.356 e. The van der Waals surface area contributed by atoms with Crippen molar-refractivity contribution in [1.29, 1.82) is 0 Å². The Morgan fingerprint density at radius 2 is 1.86 bits per heavy atom. The Bertz CT molecular complexity index is 838. The number of nitrogens with one attached hydrogen (secondary N) is 1. The lowest BCUT2D eigenvalue weighted by atomic mass is 10.1. The molecule has 4 nitrogen and oxygen atoms in total. The lowest BCUT2D eigenvalue weighted by molar-refractivity contribution is -0.115. The maximum Gasteiger partial charge on any atom is 0.230 e. The Balaban J connectivity index is 1.79. The number of aromatic nitrogens is 1. The molecule has 112 valence electrons. The van der Waals surface area contributed by atoms with Gasteiger partial charge < -0.3 is 9.84 Å². The number of carbonyl (C=O) groups is 1. The minimum absolute atomic E-state index is 0.115. The van der Waals surface area contributed by atoms with Gasteiger partial charge in [0.15, 0.2) is 5.58 Å². The number of fused-ring (bicyclic) bond motifs is 1. The lowest BCUT2D eigenvalue weighted by Crippen LogP contribution is -2.14. The first-order valence-corrected chi connectivity index (χ1v) is 7.73. The van der Waals surface area contributed by atoms with Crippen LogP contribution in [0.3, 0.4) is 0 Å². The molecule has 0 radical (unpaired) electrons. The third-order valence-corrected chi connectivity index (χ3v) is 4.15. The second kappa shape index (κ2) is 5.93. The summed E-state index contributed by atoms with van der Waals surface area (Å²) in [5.41, 5.74) is 4.44. The maximum absolute atomic E-state index is 12.2. The number of hydrogen-bond acceptors (Lipinski definition) is 3. The zero-order chi connectivity index (χ0) is 15.7. The average Bonchev–Trinajstić information content (AvgIpc) is 2.84. The van der Waals surface area contributed by atoms with Gasteiger partial charge in [-0.15, -0.1) is 0 Å². The van der Waals surface area contributed by atoms with E-state index in [1.807, 2.05) is 50.2 Å². The quantitative estimate of drug-likeness (QED) is 0.755. The summed E-state index contributed by atoms with van der Waals surface area (Å²) in [7, 11) is 0. The Morgan fingerprint density at radius 1 is 1.18 bits per heavy atom. The van der Waals surface area contributed by atoms with Crippen LogP contribution in [0.15, 0.2) is 45.4 Å². The summed E-state index contributed by atoms with van der Waals surface area (Å²) in [4.78, 5) is 12.2. The fourth-order valence-corrected chi connectivity index (χ4v) is 2.53. The fourth-order valence-electron chi connectivity index (χ4n) is 2.26. The summed E-state index contributed by atoms with van der Waals surface area (Å²) in [5, 5.41) is 7.78. The van der Waals surface area contributed by atoms with E-state index in [2.05, 4.69) is 26.4 Å². The molecule has 22 heavy (non-hydrogen) atoms. The van der Waals surface area contributed by atoms with Crippen molar-refractivity contribution >= 4 is 38.5 Å². The first-order chi connectivity index (χ1) is 10.5. The highest BCUT2D eigenvalue weighted by molar-refractivity contribution is 9.10. The van der Waals surface area contributed by atoms with Crippen LogP contribution in [-0.4, -0.2) is 11.1 Å². The van der Waals surface area contributed by atoms with Crippen LogP contribution in [-0.2, 0) is 11.2 Å². The van der Waals surface area contributed by atoms with Gasteiger partial charge in [-0.1, -0.05) is 21.1 Å². The van der Waals surface area contributed by atoms with Gasteiger partial charge in [0.2, 0.25) is 5.91 Å². The molecular formula is C17H15BrN2O2. The number of anilines is 1. The van der Waals surface area contributed by atoms with Crippen molar-refractivity contribution in [2.75, 3.05) is 5.32 Å². The average molecular weight is 359 g/mol. The van der Waals surface area contributed by atoms with E-state index in [1.54, 1.807) is 0 Å². The van der Waals surface area contributed by atoms with Crippen LogP contribution in [0.2, 0.25) is 0 Å². The van der Waals surface area contributed by atoms with E-state index in [4.69, 9.17) is 4.52 Å². The molecule has 3 aromatic rings. The first kappa shape index (κ1) is 14.8. The lowest BCUT2D eigenvalue weighted by Gasteiger charge is -2.04. The molecule has 0 saturated heterocycles. The molecule has 0 fully saturated rings. The summed E-state index contributed by atoms with van der Waals surface area (Å²) >= 11 is 3.36. The number of nitrogens with zero attached hydrogens (tertiary/aromatic N) is 1. The van der Waals surface area contributed by atoms with Gasteiger partial charge in [-0.2, -0.15) is 0 Å². The maximum atomic E-state index is 12.2. The van der Waals surface area contributed by atoms with Gasteiger partial charge >= 0.3 is 0 Å². The number of benzene rings is 2. The van der Waals surface area contributed by atoms with E-state index in [1.165, 1.54) is 0 Å². The molecule has 3 rings (SSSR count). The number of rotatable bonds is 3. The summed E-state index contributed by atoms with van der Waals surface area (Å²) in [5.74, 6) is -0.115. The zero-order valence-corrected chi connectivity index (χ0v) is 13.9. The van der Waals surface area contributed by atoms with Crippen molar-refractivity contribution < 1.29 is 9.32 Å². The molecule has 0 aliphatic rings. The molecule has 0 saturated carbocycles. The molecule has 0 aliphatic heterocycles. The van der Waals surface area contributed by atoms with E-state index >= 15 is 0 Å². The van der Waals surface area contributed by atoms with Crippen molar-refractivity contribution in [3.63, 3.8) is 0 Å². The first-order valence-electron chi connectivity index (χ1n) is 6.94. The number of aryl methyl sites for hydroxylation is 2. The van der Waals surface area contributed by atoms with Crippen molar-refractivity contribution in [1.82, 2.24) is 5.16 Å². The highest BCUT2D eigenvalue weighted by atomic mass is 79.9. The van der Waals surface area contributed by atoms with Gasteiger partial charge in [0, 0.05) is 15.5 Å². The molecule has 5 heteroatoms. The van der Waals surface area contributed by atoms with Crippen LogP contribution in [0.4, 0.5) is 5.69 Å². The number of hydrogen-bond donors (Lipinski definition) is 1. The van der Waals surface area contributed by atoms with Crippen LogP contribution in [0, 0.1) is 13.8 Å². The van der Waals surface area contributed by atoms with Gasteiger partial charge in [-0.05, 0) is 61.4 Å². The number of carbonyl (C=O) groups excluding carboxylic acids is 1. The van der Waals surface area contributed by atoms with Gasteiger partial charge in [0.25, 0.3) is 0 Å². The largest absolute Gasteiger partial charge is 0.356 e. The van der Waals surface area contributed by atoms with Crippen LogP contribution >= 0.6 is 15.9 Å². The SMILES string of the molecule is Cc1cc2onc(CC(=O)Nc3ccc(Br)cc3)c2cc1C. The molecule has 1 aromatic heterocycles. The molecule has 1 heterocycles. The number of amides is 1. The monoisotopic (exact) mass is 358 g/mol. The predicted octanol–water partition coefficient (Wildman–Crippen LogP) is 4.39. The molecule has 1 N–H and O–H groups in total. The van der Waals surface area contributed by atoms with Crippen LogP contribution in [0.25, 0.3) is 11.0 Å². The van der Waals surface area contributed by atoms with Crippen molar-refractivity contribution in [2.45, 2.75) is 20.3 Å². The zero-order valence-electron chi connectivity index (χ0n) is 12.3. The molecule has 0 unspecified atom stereocenters. The summed E-state index contributed by atoms with van der Waals surface area (Å²) in [6, 6.07) is 11.4. The molecule has 0 bridgehead atoms. The van der Waals surface area contributed by atoms with Gasteiger partial charge in [-0.3, -0.25) is 4.79 Å². The Kier molecular flexibility index (Phi) is 3.98.